The van der Waals surface area contributed by atoms with E-state index in [9.17, 15) is 0 Å². The van der Waals surface area contributed by atoms with Gasteiger partial charge in [-0.25, -0.2) is 0 Å². The van der Waals surface area contributed by atoms with Gasteiger partial charge in [0, 0.05) is 6.04 Å². The highest BCUT2D eigenvalue weighted by molar-refractivity contribution is 5.78. The van der Waals surface area contributed by atoms with E-state index >= 15 is 0 Å². The van der Waals surface area contributed by atoms with Crippen LogP contribution in [-0.2, 0) is 0 Å². The molecule has 0 aliphatic carbocycles. The molecule has 0 fully saturated rings. The second-order valence-electron chi connectivity index (χ2n) is 2.06. The maximum Gasteiger partial charge on any atom is 0.105 e. The molecule has 0 aromatic heterocycles. The summed E-state index contributed by atoms with van der Waals surface area (Å²) in [5.74, 6) is 0.193. The van der Waals surface area contributed by atoms with Gasteiger partial charge in [-0.05, 0) is 0 Å². The Morgan fingerprint density at radius 3 is 2.38 bits per heavy atom. The highest BCUT2D eigenvalue weighted by atomic mass is 14.9. The van der Waals surface area contributed by atoms with Gasteiger partial charge < -0.3 is 11.1 Å². The van der Waals surface area contributed by atoms with Crippen molar-refractivity contribution in [3.05, 3.63) is 0 Å². The van der Waals surface area contributed by atoms with Crippen LogP contribution in [0.5, 0.6) is 0 Å². The van der Waals surface area contributed by atoms with E-state index < -0.39 is 0 Å². The van der Waals surface area contributed by atoms with Gasteiger partial charge in [-0.3, -0.25) is 5.41 Å². The van der Waals surface area contributed by atoms with E-state index in [1.54, 1.807) is 0 Å². The highest BCUT2D eigenvalue weighted by Crippen LogP contribution is 1.72. The predicted molar refractivity (Wildman–Crippen MR) is 35.1 cm³/mol. The van der Waals surface area contributed by atoms with Crippen LogP contribution in [0, 0.1) is 5.41 Å². The molecule has 8 heavy (non-hydrogen) atoms. The van der Waals surface area contributed by atoms with E-state index in [0.29, 0.717) is 12.6 Å². The van der Waals surface area contributed by atoms with Crippen molar-refractivity contribution in [3.63, 3.8) is 0 Å². The molecule has 0 aliphatic heterocycles. The maximum atomic E-state index is 6.80. The van der Waals surface area contributed by atoms with Crippen LogP contribution in [0.25, 0.3) is 0 Å². The topological polar surface area (TPSA) is 61.9 Å². The summed E-state index contributed by atoms with van der Waals surface area (Å²) in [5.41, 5.74) is 5.06. The third kappa shape index (κ3) is 5.43. The molecule has 0 atom stereocenters. The fourth-order valence-electron chi connectivity index (χ4n) is 0.314. The van der Waals surface area contributed by atoms with E-state index in [-0.39, 0.29) is 5.84 Å². The molecule has 3 heteroatoms. The normalized spacial score (nSPS) is 9.88. The van der Waals surface area contributed by atoms with E-state index in [2.05, 4.69) is 5.32 Å². The Bertz CT molecular complexity index is 77.7. The average Bonchev–Trinajstić information content (AvgIpc) is 1.61. The van der Waals surface area contributed by atoms with Gasteiger partial charge in [0.1, 0.15) is 5.84 Å². The van der Waals surface area contributed by atoms with Crippen molar-refractivity contribution < 1.29 is 0 Å². The highest BCUT2D eigenvalue weighted by Gasteiger charge is 1.90. The minimum Gasteiger partial charge on any atom is -0.387 e. The quantitative estimate of drug-likeness (QED) is 0.356. The Hall–Kier alpha value is -0.570. The number of hydrogen-bond acceptors (Lipinski definition) is 2. The van der Waals surface area contributed by atoms with Gasteiger partial charge in [-0.1, -0.05) is 13.8 Å². The number of nitrogens with two attached hydrogens (primary N) is 1. The fourth-order valence-corrected chi connectivity index (χ4v) is 0.314. The number of amidine groups is 1. The summed E-state index contributed by atoms with van der Waals surface area (Å²) in [4.78, 5) is 0. The molecule has 4 N–H and O–H groups in total. The Morgan fingerprint density at radius 2 is 2.25 bits per heavy atom. The summed E-state index contributed by atoms with van der Waals surface area (Å²) in [5, 5.41) is 9.80. The first-order valence-electron chi connectivity index (χ1n) is 2.69. The molecule has 48 valence electrons. The lowest BCUT2D eigenvalue weighted by Crippen LogP contribution is -2.32. The van der Waals surface area contributed by atoms with Crippen LogP contribution < -0.4 is 11.1 Å². The third-order valence-corrected chi connectivity index (χ3v) is 0.701. The largest absolute Gasteiger partial charge is 0.387 e. The molecule has 0 aromatic rings. The molecule has 0 saturated heterocycles. The van der Waals surface area contributed by atoms with E-state index in [1.165, 1.54) is 0 Å². The molecule has 0 amide bonds. The van der Waals surface area contributed by atoms with Gasteiger partial charge in [0.2, 0.25) is 0 Å². The molecule has 0 saturated carbocycles. The van der Waals surface area contributed by atoms with Crippen molar-refractivity contribution in [1.29, 1.82) is 5.41 Å². The van der Waals surface area contributed by atoms with Gasteiger partial charge >= 0.3 is 0 Å². The summed E-state index contributed by atoms with van der Waals surface area (Å²) >= 11 is 0. The summed E-state index contributed by atoms with van der Waals surface area (Å²) in [7, 11) is 0. The van der Waals surface area contributed by atoms with Crippen molar-refractivity contribution in [2.24, 2.45) is 5.73 Å². The standard InChI is InChI=1S/C5H13N3/c1-4(2)8-3-5(6)7/h4,8H,3H2,1-2H3,(H3,6,7). The number of hydrogen-bond donors (Lipinski definition) is 3. The summed E-state index contributed by atoms with van der Waals surface area (Å²) in [6, 6.07) is 0.416. The Morgan fingerprint density at radius 1 is 1.75 bits per heavy atom. The Kier molecular flexibility index (Phi) is 3.19. The zero-order valence-corrected chi connectivity index (χ0v) is 5.36. The van der Waals surface area contributed by atoms with Gasteiger partial charge in [0.05, 0.1) is 6.54 Å². The second-order valence-corrected chi connectivity index (χ2v) is 2.06. The molecule has 0 rings (SSSR count). The van der Waals surface area contributed by atoms with Crippen LogP contribution in [0.1, 0.15) is 13.8 Å². The van der Waals surface area contributed by atoms with E-state index in [4.69, 9.17) is 11.1 Å². The molecule has 3 nitrogen and oxygen atoms in total. The van der Waals surface area contributed by atoms with E-state index in [1.807, 2.05) is 13.8 Å². The molecule has 0 heterocycles. The lowest BCUT2D eigenvalue weighted by molar-refractivity contribution is 0.640. The van der Waals surface area contributed by atoms with Crippen LogP contribution in [0.2, 0.25) is 0 Å². The first-order valence-corrected chi connectivity index (χ1v) is 2.69. The van der Waals surface area contributed by atoms with Crippen LogP contribution in [0.4, 0.5) is 0 Å². The minimum absolute atomic E-state index is 0.193. The van der Waals surface area contributed by atoms with E-state index in [0.717, 1.165) is 0 Å². The average molecular weight is 115 g/mol. The summed E-state index contributed by atoms with van der Waals surface area (Å²) < 4.78 is 0. The zero-order chi connectivity index (χ0) is 6.57. The van der Waals surface area contributed by atoms with Gasteiger partial charge in [0.25, 0.3) is 0 Å². The smallest absolute Gasteiger partial charge is 0.105 e. The van der Waals surface area contributed by atoms with Crippen LogP contribution in [0.3, 0.4) is 0 Å². The molecular formula is C5H13N3. The first-order chi connectivity index (χ1) is 3.63. The molecule has 0 unspecified atom stereocenters. The molecule has 0 aromatic carbocycles. The lowest BCUT2D eigenvalue weighted by Gasteiger charge is -2.04. The predicted octanol–water partition coefficient (Wildman–Crippen LogP) is -0.0796. The number of nitrogens with one attached hydrogen (secondary N) is 2. The Labute approximate surface area is 49.8 Å². The minimum atomic E-state index is 0.193. The third-order valence-electron chi connectivity index (χ3n) is 0.701. The number of rotatable bonds is 3. The molecule has 0 spiro atoms. The summed E-state index contributed by atoms with van der Waals surface area (Å²) in [6.07, 6.45) is 0. The molecule has 0 aliphatic rings. The monoisotopic (exact) mass is 115 g/mol. The van der Waals surface area contributed by atoms with Crippen molar-refractivity contribution in [2.45, 2.75) is 19.9 Å². The fraction of sp³-hybridized carbons (Fsp3) is 0.800. The van der Waals surface area contributed by atoms with Crippen LogP contribution in [-0.4, -0.2) is 18.4 Å². The molecule has 0 bridgehead atoms. The van der Waals surface area contributed by atoms with Gasteiger partial charge in [-0.15, -0.1) is 0 Å². The van der Waals surface area contributed by atoms with Crippen LogP contribution >= 0.6 is 0 Å². The SMILES string of the molecule is CC(C)NCC(=N)N. The van der Waals surface area contributed by atoms with Crippen molar-refractivity contribution in [3.8, 4) is 0 Å². The molecular weight excluding hydrogens is 102 g/mol. The molecule has 0 radical (unpaired) electrons. The Balaban J connectivity index is 3.05. The van der Waals surface area contributed by atoms with Crippen molar-refractivity contribution in [1.82, 2.24) is 5.32 Å². The maximum absolute atomic E-state index is 6.80. The van der Waals surface area contributed by atoms with Gasteiger partial charge in [0.15, 0.2) is 0 Å². The van der Waals surface area contributed by atoms with Crippen molar-refractivity contribution in [2.75, 3.05) is 6.54 Å². The summed E-state index contributed by atoms with van der Waals surface area (Å²) in [6.45, 7) is 4.53. The first kappa shape index (κ1) is 7.43. The zero-order valence-electron chi connectivity index (χ0n) is 5.36. The lowest BCUT2D eigenvalue weighted by atomic mass is 10.4. The van der Waals surface area contributed by atoms with Crippen molar-refractivity contribution >= 4 is 5.84 Å². The van der Waals surface area contributed by atoms with Gasteiger partial charge in [-0.2, -0.15) is 0 Å². The van der Waals surface area contributed by atoms with Crippen LogP contribution in [0.15, 0.2) is 0 Å². The second kappa shape index (κ2) is 3.43.